The van der Waals surface area contributed by atoms with Crippen LogP contribution >= 0.6 is 0 Å². The lowest BCUT2D eigenvalue weighted by atomic mass is 10.1. The number of nitrogens with zero attached hydrogens (tertiary/aromatic N) is 2. The van der Waals surface area contributed by atoms with Crippen LogP contribution in [0.25, 0.3) is 0 Å². The van der Waals surface area contributed by atoms with E-state index in [2.05, 4.69) is 15.3 Å². The summed E-state index contributed by atoms with van der Waals surface area (Å²) >= 11 is 0. The molecule has 82 valence electrons. The minimum Gasteiger partial charge on any atom is -0.397 e. The number of aromatic nitrogens is 2. The molecular weight excluding hydrogens is 200 g/mol. The molecule has 0 saturated heterocycles. The Labute approximate surface area is 94.5 Å². The average Bonchev–Trinajstić information content (AvgIpc) is 2.32. The summed E-state index contributed by atoms with van der Waals surface area (Å²) in [7, 11) is 0. The van der Waals surface area contributed by atoms with Crippen LogP contribution < -0.4 is 11.1 Å². The molecule has 1 aromatic heterocycles. The quantitative estimate of drug-likeness (QED) is 0.767. The standard InChI is InChI=1S/C12H14N4/c1-9-3-2-4-11(12(9)13)15-7-10-5-6-14-8-16-10/h2-6,8,15H,7,13H2,1H3. The fourth-order valence-electron chi connectivity index (χ4n) is 1.44. The lowest BCUT2D eigenvalue weighted by molar-refractivity contribution is 1.01. The fraction of sp³-hybridized carbons (Fsp3) is 0.167. The summed E-state index contributed by atoms with van der Waals surface area (Å²) in [6.45, 7) is 2.64. The van der Waals surface area contributed by atoms with Crippen LogP contribution in [0.3, 0.4) is 0 Å². The molecule has 0 spiro atoms. The average molecular weight is 214 g/mol. The van der Waals surface area contributed by atoms with Crippen LogP contribution in [-0.2, 0) is 6.54 Å². The molecule has 0 fully saturated rings. The molecule has 0 unspecified atom stereocenters. The van der Waals surface area contributed by atoms with E-state index in [1.807, 2.05) is 31.2 Å². The number of nitrogens with two attached hydrogens (primary N) is 1. The maximum atomic E-state index is 5.95. The first-order valence-corrected chi connectivity index (χ1v) is 5.11. The Hall–Kier alpha value is -2.10. The summed E-state index contributed by atoms with van der Waals surface area (Å²) in [6, 6.07) is 7.81. The Morgan fingerprint density at radius 2 is 2.19 bits per heavy atom. The molecule has 16 heavy (non-hydrogen) atoms. The van der Waals surface area contributed by atoms with Gasteiger partial charge in [0.1, 0.15) is 6.33 Å². The summed E-state index contributed by atoms with van der Waals surface area (Å²) in [5.74, 6) is 0. The predicted octanol–water partition coefficient (Wildman–Crippen LogP) is 1.98. The first-order valence-electron chi connectivity index (χ1n) is 5.11. The molecule has 0 aliphatic rings. The maximum Gasteiger partial charge on any atom is 0.115 e. The molecule has 0 amide bonds. The normalized spacial score (nSPS) is 10.1. The molecule has 2 rings (SSSR count). The smallest absolute Gasteiger partial charge is 0.115 e. The van der Waals surface area contributed by atoms with Gasteiger partial charge in [0.15, 0.2) is 0 Å². The summed E-state index contributed by atoms with van der Waals surface area (Å²) in [5, 5.41) is 3.25. The van der Waals surface area contributed by atoms with E-state index in [0.29, 0.717) is 6.54 Å². The molecule has 0 aliphatic heterocycles. The molecule has 0 bridgehead atoms. The minimum absolute atomic E-state index is 0.649. The van der Waals surface area contributed by atoms with Crippen LogP contribution in [0.15, 0.2) is 36.8 Å². The maximum absolute atomic E-state index is 5.95. The zero-order valence-electron chi connectivity index (χ0n) is 9.14. The van der Waals surface area contributed by atoms with E-state index in [1.165, 1.54) is 6.33 Å². The van der Waals surface area contributed by atoms with Gasteiger partial charge in [-0.15, -0.1) is 0 Å². The molecule has 0 saturated carbocycles. The SMILES string of the molecule is Cc1cccc(NCc2ccncn2)c1N. The molecule has 2 aromatic rings. The van der Waals surface area contributed by atoms with Crippen molar-refractivity contribution in [2.75, 3.05) is 11.1 Å². The highest BCUT2D eigenvalue weighted by atomic mass is 14.9. The van der Waals surface area contributed by atoms with Gasteiger partial charge in [-0.1, -0.05) is 12.1 Å². The van der Waals surface area contributed by atoms with Gasteiger partial charge in [-0.2, -0.15) is 0 Å². The summed E-state index contributed by atoms with van der Waals surface area (Å²) in [5.41, 5.74) is 9.70. The number of hydrogen-bond acceptors (Lipinski definition) is 4. The monoisotopic (exact) mass is 214 g/mol. The molecule has 1 heterocycles. The van der Waals surface area contributed by atoms with Crippen molar-refractivity contribution < 1.29 is 0 Å². The molecule has 0 radical (unpaired) electrons. The summed E-state index contributed by atoms with van der Waals surface area (Å²) < 4.78 is 0. The number of aryl methyl sites for hydroxylation is 1. The van der Waals surface area contributed by atoms with Crippen molar-refractivity contribution in [3.8, 4) is 0 Å². The highest BCUT2D eigenvalue weighted by molar-refractivity contribution is 5.69. The second-order valence-corrected chi connectivity index (χ2v) is 3.59. The third-order valence-electron chi connectivity index (χ3n) is 2.43. The van der Waals surface area contributed by atoms with Crippen molar-refractivity contribution in [2.24, 2.45) is 0 Å². The highest BCUT2D eigenvalue weighted by Gasteiger charge is 2.00. The summed E-state index contributed by atoms with van der Waals surface area (Å²) in [6.07, 6.45) is 3.26. The number of anilines is 2. The van der Waals surface area contributed by atoms with Crippen LogP contribution in [0.4, 0.5) is 11.4 Å². The van der Waals surface area contributed by atoms with E-state index < -0.39 is 0 Å². The van der Waals surface area contributed by atoms with Crippen molar-refractivity contribution in [1.29, 1.82) is 0 Å². The zero-order valence-corrected chi connectivity index (χ0v) is 9.14. The summed E-state index contributed by atoms with van der Waals surface area (Å²) in [4.78, 5) is 8.00. The van der Waals surface area contributed by atoms with Gasteiger partial charge in [0.2, 0.25) is 0 Å². The van der Waals surface area contributed by atoms with Crippen LogP contribution in [0, 0.1) is 6.92 Å². The Balaban J connectivity index is 2.08. The Kier molecular flexibility index (Phi) is 3.00. The van der Waals surface area contributed by atoms with Crippen molar-refractivity contribution in [2.45, 2.75) is 13.5 Å². The second-order valence-electron chi connectivity index (χ2n) is 3.59. The number of para-hydroxylation sites is 1. The first kappa shape index (κ1) is 10.4. The molecule has 1 aromatic carbocycles. The van der Waals surface area contributed by atoms with Crippen LogP contribution in [0.1, 0.15) is 11.3 Å². The molecule has 4 nitrogen and oxygen atoms in total. The molecule has 0 aliphatic carbocycles. The lowest BCUT2D eigenvalue weighted by Gasteiger charge is -2.10. The van der Waals surface area contributed by atoms with Crippen molar-refractivity contribution in [3.05, 3.63) is 48.0 Å². The van der Waals surface area contributed by atoms with Gasteiger partial charge in [-0.25, -0.2) is 9.97 Å². The number of rotatable bonds is 3. The number of nitrogens with one attached hydrogen (secondary N) is 1. The lowest BCUT2D eigenvalue weighted by Crippen LogP contribution is -2.04. The molecule has 4 heteroatoms. The molecule has 3 N–H and O–H groups in total. The number of benzene rings is 1. The largest absolute Gasteiger partial charge is 0.397 e. The second kappa shape index (κ2) is 4.61. The molecule has 0 atom stereocenters. The van der Waals surface area contributed by atoms with Crippen molar-refractivity contribution in [1.82, 2.24) is 9.97 Å². The number of hydrogen-bond donors (Lipinski definition) is 2. The first-order chi connectivity index (χ1) is 7.77. The third kappa shape index (κ3) is 2.28. The van der Waals surface area contributed by atoms with Gasteiger partial charge in [-0.3, -0.25) is 0 Å². The van der Waals surface area contributed by atoms with Crippen molar-refractivity contribution in [3.63, 3.8) is 0 Å². The zero-order chi connectivity index (χ0) is 11.4. The Morgan fingerprint density at radius 3 is 2.94 bits per heavy atom. The van der Waals surface area contributed by atoms with Gasteiger partial charge >= 0.3 is 0 Å². The predicted molar refractivity (Wildman–Crippen MR) is 65.0 cm³/mol. The van der Waals surface area contributed by atoms with Crippen molar-refractivity contribution >= 4 is 11.4 Å². The fourth-order valence-corrected chi connectivity index (χ4v) is 1.44. The highest BCUT2D eigenvalue weighted by Crippen LogP contribution is 2.21. The van der Waals surface area contributed by atoms with Crippen LogP contribution in [0.2, 0.25) is 0 Å². The third-order valence-corrected chi connectivity index (χ3v) is 2.43. The molecular formula is C12H14N4. The van der Waals surface area contributed by atoms with Gasteiger partial charge < -0.3 is 11.1 Å². The topological polar surface area (TPSA) is 63.8 Å². The minimum atomic E-state index is 0.649. The van der Waals surface area contributed by atoms with E-state index in [4.69, 9.17) is 5.73 Å². The van der Waals surface area contributed by atoms with Gasteiger partial charge in [0, 0.05) is 6.20 Å². The van der Waals surface area contributed by atoms with E-state index >= 15 is 0 Å². The van der Waals surface area contributed by atoms with E-state index in [1.54, 1.807) is 6.20 Å². The van der Waals surface area contributed by atoms with Crippen LogP contribution in [-0.4, -0.2) is 9.97 Å². The Bertz CT molecular complexity index is 468. The van der Waals surface area contributed by atoms with Gasteiger partial charge in [0.05, 0.1) is 23.6 Å². The van der Waals surface area contributed by atoms with E-state index in [0.717, 1.165) is 22.6 Å². The Morgan fingerprint density at radius 1 is 1.31 bits per heavy atom. The van der Waals surface area contributed by atoms with E-state index in [9.17, 15) is 0 Å². The van der Waals surface area contributed by atoms with E-state index in [-0.39, 0.29) is 0 Å². The van der Waals surface area contributed by atoms with Gasteiger partial charge in [0.25, 0.3) is 0 Å². The van der Waals surface area contributed by atoms with Gasteiger partial charge in [-0.05, 0) is 24.6 Å². The number of nitrogen functional groups attached to an aromatic ring is 1. The van der Waals surface area contributed by atoms with Crippen LogP contribution in [0.5, 0.6) is 0 Å².